The van der Waals surface area contributed by atoms with Crippen molar-refractivity contribution in [2.24, 2.45) is 0 Å². The zero-order valence-electron chi connectivity index (χ0n) is 13.2. The number of hydrogen-bond acceptors (Lipinski definition) is 3. The Morgan fingerprint density at radius 3 is 2.74 bits per heavy atom. The average molecular weight is 268 g/mol. The lowest BCUT2D eigenvalue weighted by atomic mass is 10.0. The van der Waals surface area contributed by atoms with Crippen LogP contribution in [0.1, 0.15) is 59.8 Å². The van der Waals surface area contributed by atoms with E-state index in [4.69, 9.17) is 4.74 Å². The van der Waals surface area contributed by atoms with Crippen molar-refractivity contribution < 1.29 is 4.74 Å². The van der Waals surface area contributed by atoms with E-state index in [1.165, 1.54) is 45.2 Å². The van der Waals surface area contributed by atoms with Gasteiger partial charge in [-0.05, 0) is 53.0 Å². The lowest BCUT2D eigenvalue weighted by molar-refractivity contribution is -0.0331. The van der Waals surface area contributed by atoms with Gasteiger partial charge in [-0.3, -0.25) is 4.90 Å². The van der Waals surface area contributed by atoms with E-state index in [1.54, 1.807) is 0 Å². The highest BCUT2D eigenvalue weighted by atomic mass is 16.5. The molecule has 2 fully saturated rings. The van der Waals surface area contributed by atoms with Gasteiger partial charge in [-0.1, -0.05) is 13.3 Å². The minimum absolute atomic E-state index is 0.0980. The fourth-order valence-electron chi connectivity index (χ4n) is 3.47. The molecule has 2 aliphatic rings. The van der Waals surface area contributed by atoms with Crippen molar-refractivity contribution in [1.82, 2.24) is 10.2 Å². The smallest absolute Gasteiger partial charge is 0.0710 e. The van der Waals surface area contributed by atoms with Crippen molar-refractivity contribution in [2.45, 2.75) is 83.6 Å². The molecular formula is C16H32N2O. The molecule has 0 radical (unpaired) electrons. The Morgan fingerprint density at radius 1 is 1.32 bits per heavy atom. The molecule has 0 aromatic rings. The summed E-state index contributed by atoms with van der Waals surface area (Å²) in [4.78, 5) is 2.66. The van der Waals surface area contributed by atoms with Crippen LogP contribution < -0.4 is 5.32 Å². The molecular weight excluding hydrogens is 236 g/mol. The van der Waals surface area contributed by atoms with Crippen LogP contribution in [0.25, 0.3) is 0 Å². The third kappa shape index (κ3) is 4.44. The Morgan fingerprint density at radius 2 is 2.11 bits per heavy atom. The molecule has 0 amide bonds. The third-order valence-corrected chi connectivity index (χ3v) is 4.70. The summed E-state index contributed by atoms with van der Waals surface area (Å²) in [6, 6.07) is 1.35. The van der Waals surface area contributed by atoms with Crippen molar-refractivity contribution >= 4 is 0 Å². The number of rotatable bonds is 4. The summed E-state index contributed by atoms with van der Waals surface area (Å²) in [5, 5.41) is 3.70. The SMILES string of the molecule is CCCC1CN(CC2CCC(C)(C)O2)C(C)CCN1. The third-order valence-electron chi connectivity index (χ3n) is 4.70. The van der Waals surface area contributed by atoms with Gasteiger partial charge in [0.25, 0.3) is 0 Å². The maximum absolute atomic E-state index is 6.17. The predicted octanol–water partition coefficient (Wildman–Crippen LogP) is 2.80. The van der Waals surface area contributed by atoms with Crippen molar-refractivity contribution in [3.8, 4) is 0 Å². The molecule has 3 atom stereocenters. The molecule has 0 bridgehead atoms. The molecule has 0 saturated carbocycles. The molecule has 0 aliphatic carbocycles. The van der Waals surface area contributed by atoms with E-state index in [2.05, 4.69) is 37.9 Å². The van der Waals surface area contributed by atoms with E-state index in [1.807, 2.05) is 0 Å². The summed E-state index contributed by atoms with van der Waals surface area (Å²) in [7, 11) is 0. The van der Waals surface area contributed by atoms with Gasteiger partial charge in [0.1, 0.15) is 0 Å². The van der Waals surface area contributed by atoms with Gasteiger partial charge in [-0.15, -0.1) is 0 Å². The Labute approximate surface area is 119 Å². The highest BCUT2D eigenvalue weighted by Gasteiger charge is 2.34. The van der Waals surface area contributed by atoms with Crippen LogP contribution in [-0.2, 0) is 4.74 Å². The standard InChI is InChI=1S/C16H32N2O/c1-5-6-14-11-18(13(2)8-10-17-14)12-15-7-9-16(3,4)19-15/h13-15,17H,5-12H2,1-4H3. The second-order valence-corrected chi connectivity index (χ2v) is 7.07. The number of nitrogens with one attached hydrogen (secondary N) is 1. The zero-order chi connectivity index (χ0) is 13.9. The molecule has 112 valence electrons. The van der Waals surface area contributed by atoms with Gasteiger partial charge < -0.3 is 10.1 Å². The molecule has 1 N–H and O–H groups in total. The summed E-state index contributed by atoms with van der Waals surface area (Å²) < 4.78 is 6.17. The Hall–Kier alpha value is -0.120. The van der Waals surface area contributed by atoms with E-state index in [-0.39, 0.29) is 5.60 Å². The van der Waals surface area contributed by atoms with Gasteiger partial charge in [0.15, 0.2) is 0 Å². The van der Waals surface area contributed by atoms with Crippen LogP contribution in [0.5, 0.6) is 0 Å². The Kier molecular flexibility index (Phi) is 5.27. The molecule has 0 aromatic carbocycles. The molecule has 2 rings (SSSR count). The first-order valence-electron chi connectivity index (χ1n) is 8.15. The first-order chi connectivity index (χ1) is 9.00. The minimum Gasteiger partial charge on any atom is -0.371 e. The Bertz CT molecular complexity index is 280. The molecule has 3 unspecified atom stereocenters. The summed E-state index contributed by atoms with van der Waals surface area (Å²) in [5.74, 6) is 0. The molecule has 2 heterocycles. The fourth-order valence-corrected chi connectivity index (χ4v) is 3.47. The van der Waals surface area contributed by atoms with Crippen LogP contribution in [0.3, 0.4) is 0 Å². The number of ether oxygens (including phenoxy) is 1. The lowest BCUT2D eigenvalue weighted by Gasteiger charge is -2.32. The van der Waals surface area contributed by atoms with E-state index < -0.39 is 0 Å². The molecule has 3 heteroatoms. The second-order valence-electron chi connectivity index (χ2n) is 7.07. The van der Waals surface area contributed by atoms with Gasteiger partial charge in [0, 0.05) is 25.2 Å². The van der Waals surface area contributed by atoms with Crippen LogP contribution in [-0.4, -0.2) is 48.3 Å². The van der Waals surface area contributed by atoms with Gasteiger partial charge in [0.2, 0.25) is 0 Å². The van der Waals surface area contributed by atoms with Crippen LogP contribution in [0.2, 0.25) is 0 Å². The first kappa shape index (κ1) is 15.3. The van der Waals surface area contributed by atoms with Crippen LogP contribution in [0, 0.1) is 0 Å². The largest absolute Gasteiger partial charge is 0.371 e. The van der Waals surface area contributed by atoms with Crippen molar-refractivity contribution in [3.05, 3.63) is 0 Å². The topological polar surface area (TPSA) is 24.5 Å². The van der Waals surface area contributed by atoms with Crippen molar-refractivity contribution in [3.63, 3.8) is 0 Å². The minimum atomic E-state index is 0.0980. The van der Waals surface area contributed by atoms with E-state index in [0.717, 1.165) is 6.54 Å². The van der Waals surface area contributed by atoms with Gasteiger partial charge in [0.05, 0.1) is 11.7 Å². The molecule has 2 saturated heterocycles. The van der Waals surface area contributed by atoms with E-state index in [0.29, 0.717) is 18.2 Å². The maximum Gasteiger partial charge on any atom is 0.0710 e. The summed E-state index contributed by atoms with van der Waals surface area (Å²) in [6.45, 7) is 12.6. The van der Waals surface area contributed by atoms with Crippen LogP contribution in [0.4, 0.5) is 0 Å². The molecule has 0 aromatic heterocycles. The van der Waals surface area contributed by atoms with Crippen molar-refractivity contribution in [2.75, 3.05) is 19.6 Å². The predicted molar refractivity (Wildman–Crippen MR) is 80.5 cm³/mol. The fraction of sp³-hybridized carbons (Fsp3) is 1.00. The summed E-state index contributed by atoms with van der Waals surface area (Å²) >= 11 is 0. The zero-order valence-corrected chi connectivity index (χ0v) is 13.2. The quantitative estimate of drug-likeness (QED) is 0.848. The highest BCUT2D eigenvalue weighted by molar-refractivity contribution is 4.87. The van der Waals surface area contributed by atoms with Gasteiger partial charge in [-0.25, -0.2) is 0 Å². The second kappa shape index (κ2) is 6.55. The first-order valence-corrected chi connectivity index (χ1v) is 8.15. The summed E-state index contributed by atoms with van der Waals surface area (Å²) in [5.41, 5.74) is 0.0980. The van der Waals surface area contributed by atoms with E-state index in [9.17, 15) is 0 Å². The molecule has 3 nitrogen and oxygen atoms in total. The van der Waals surface area contributed by atoms with E-state index >= 15 is 0 Å². The number of hydrogen-bond donors (Lipinski definition) is 1. The summed E-state index contributed by atoms with van der Waals surface area (Å²) in [6.07, 6.45) is 6.69. The number of nitrogens with zero attached hydrogens (tertiary/aromatic N) is 1. The van der Waals surface area contributed by atoms with Gasteiger partial charge in [-0.2, -0.15) is 0 Å². The van der Waals surface area contributed by atoms with Crippen LogP contribution in [0.15, 0.2) is 0 Å². The van der Waals surface area contributed by atoms with Crippen molar-refractivity contribution in [1.29, 1.82) is 0 Å². The monoisotopic (exact) mass is 268 g/mol. The lowest BCUT2D eigenvalue weighted by Crippen LogP contribution is -2.43. The van der Waals surface area contributed by atoms with Crippen LogP contribution >= 0.6 is 0 Å². The highest BCUT2D eigenvalue weighted by Crippen LogP contribution is 2.30. The maximum atomic E-state index is 6.17. The molecule has 0 spiro atoms. The molecule has 19 heavy (non-hydrogen) atoms. The normalized spacial score (nSPS) is 36.3. The van der Waals surface area contributed by atoms with Gasteiger partial charge >= 0.3 is 0 Å². The Balaban J connectivity index is 1.89. The molecule has 2 aliphatic heterocycles. The average Bonchev–Trinajstić information content (AvgIpc) is 2.57.